The number of ether oxygens (including phenoxy) is 1. The van der Waals surface area contributed by atoms with E-state index in [-0.39, 0.29) is 22.6 Å². The predicted molar refractivity (Wildman–Crippen MR) is 159 cm³/mol. The Bertz CT molecular complexity index is 1910. The highest BCUT2D eigenvalue weighted by Crippen LogP contribution is 2.38. The number of carbonyl (C=O) groups excluding carboxylic acids is 2. The first-order valence-corrected chi connectivity index (χ1v) is 14.4. The van der Waals surface area contributed by atoms with E-state index in [1.807, 2.05) is 48.5 Å². The molecule has 0 aliphatic carbocycles. The fourth-order valence-corrected chi connectivity index (χ4v) is 6.64. The van der Waals surface area contributed by atoms with E-state index in [0.717, 1.165) is 15.8 Å². The van der Waals surface area contributed by atoms with Crippen molar-refractivity contribution in [3.8, 4) is 0 Å². The van der Waals surface area contributed by atoms with Gasteiger partial charge in [0.05, 0.1) is 35.2 Å². The fraction of sp³-hybridized carbons (Fsp3) is 0.133. The summed E-state index contributed by atoms with van der Waals surface area (Å²) >= 11 is 10.8. The SMILES string of the molecule is CCOC(=O)C1=C(c2ccccc2)N=c2s/c(=C3\C(=O)N(C)c4ccc(Br)cc43)c(=O)n2[C@@H]1c1ccc(Cl)cc1. The number of hydrogen-bond acceptors (Lipinski definition) is 6. The monoisotopic (exact) mass is 633 g/mol. The highest BCUT2D eigenvalue weighted by atomic mass is 79.9. The molecule has 1 amide bonds. The van der Waals surface area contributed by atoms with Crippen LogP contribution in [-0.2, 0) is 14.3 Å². The van der Waals surface area contributed by atoms with E-state index in [1.54, 1.807) is 38.2 Å². The number of amides is 1. The van der Waals surface area contributed by atoms with E-state index in [9.17, 15) is 14.4 Å². The molecule has 0 fully saturated rings. The Kier molecular flexibility index (Phi) is 6.82. The molecule has 3 aromatic carbocycles. The average molecular weight is 635 g/mol. The molecule has 200 valence electrons. The largest absolute Gasteiger partial charge is 0.463 e. The summed E-state index contributed by atoms with van der Waals surface area (Å²) < 4.78 is 8.02. The second-order valence-corrected chi connectivity index (χ2v) is 11.5. The molecule has 3 heterocycles. The highest BCUT2D eigenvalue weighted by Gasteiger charge is 2.37. The highest BCUT2D eigenvalue weighted by molar-refractivity contribution is 9.10. The van der Waals surface area contributed by atoms with Gasteiger partial charge in [-0.3, -0.25) is 14.2 Å². The van der Waals surface area contributed by atoms with Crippen LogP contribution in [0.5, 0.6) is 0 Å². The molecule has 1 atom stereocenters. The third-order valence-corrected chi connectivity index (χ3v) is 8.67. The molecule has 0 bridgehead atoms. The molecule has 10 heteroatoms. The van der Waals surface area contributed by atoms with Gasteiger partial charge in [-0.05, 0) is 42.8 Å². The van der Waals surface area contributed by atoms with E-state index in [0.29, 0.717) is 43.5 Å². The second kappa shape index (κ2) is 10.3. The number of rotatable bonds is 4. The number of halogens is 2. The third kappa shape index (κ3) is 4.25. The van der Waals surface area contributed by atoms with Gasteiger partial charge in [0, 0.05) is 27.7 Å². The lowest BCUT2D eigenvalue weighted by atomic mass is 9.93. The van der Waals surface area contributed by atoms with Crippen LogP contribution < -0.4 is 19.8 Å². The number of fused-ring (bicyclic) bond motifs is 2. The molecule has 0 N–H and O–H groups in total. The van der Waals surface area contributed by atoms with Crippen molar-refractivity contribution < 1.29 is 14.3 Å². The Balaban J connectivity index is 1.73. The van der Waals surface area contributed by atoms with Crippen LogP contribution in [0.1, 0.15) is 29.7 Å². The Hall–Kier alpha value is -3.79. The Morgan fingerprint density at radius 3 is 2.50 bits per heavy atom. The van der Waals surface area contributed by atoms with Crippen molar-refractivity contribution in [3.05, 3.63) is 124 Å². The zero-order valence-corrected chi connectivity index (χ0v) is 24.5. The topological polar surface area (TPSA) is 81.0 Å². The molecule has 4 aromatic rings. The molecule has 2 aliphatic rings. The normalized spacial score (nSPS) is 17.4. The summed E-state index contributed by atoms with van der Waals surface area (Å²) in [6.07, 6.45) is 0. The first kappa shape index (κ1) is 26.4. The molecule has 0 unspecified atom stereocenters. The van der Waals surface area contributed by atoms with Crippen LogP contribution in [0.15, 0.2) is 92.6 Å². The molecule has 7 nitrogen and oxygen atoms in total. The Morgan fingerprint density at radius 1 is 1.07 bits per heavy atom. The number of aromatic nitrogens is 1. The van der Waals surface area contributed by atoms with E-state index in [1.165, 1.54) is 9.47 Å². The lowest BCUT2D eigenvalue weighted by Crippen LogP contribution is -2.40. The van der Waals surface area contributed by atoms with Crippen molar-refractivity contribution in [2.24, 2.45) is 4.99 Å². The average Bonchev–Trinajstić information content (AvgIpc) is 3.40. The summed E-state index contributed by atoms with van der Waals surface area (Å²) in [7, 11) is 1.68. The van der Waals surface area contributed by atoms with Gasteiger partial charge in [0.15, 0.2) is 4.80 Å². The Labute approximate surface area is 246 Å². The quantitative estimate of drug-likeness (QED) is 0.305. The first-order valence-electron chi connectivity index (χ1n) is 12.4. The molecule has 0 saturated carbocycles. The number of hydrogen-bond donors (Lipinski definition) is 0. The summed E-state index contributed by atoms with van der Waals surface area (Å²) in [6, 6.07) is 21.0. The van der Waals surface area contributed by atoms with Crippen LogP contribution >= 0.6 is 38.9 Å². The minimum atomic E-state index is -0.853. The van der Waals surface area contributed by atoms with Crippen LogP contribution in [0.3, 0.4) is 0 Å². The minimum Gasteiger partial charge on any atom is -0.463 e. The van der Waals surface area contributed by atoms with Crippen LogP contribution in [0.25, 0.3) is 11.3 Å². The summed E-state index contributed by atoms with van der Waals surface area (Å²) in [5, 5.41) is 0.519. The lowest BCUT2D eigenvalue weighted by Gasteiger charge is -2.26. The van der Waals surface area contributed by atoms with Crippen LogP contribution in [0, 0.1) is 0 Å². The van der Waals surface area contributed by atoms with Gasteiger partial charge in [0.1, 0.15) is 4.53 Å². The van der Waals surface area contributed by atoms with Crippen molar-refractivity contribution in [1.82, 2.24) is 4.57 Å². The second-order valence-electron chi connectivity index (χ2n) is 9.20. The van der Waals surface area contributed by atoms with E-state index in [4.69, 9.17) is 21.3 Å². The number of carbonyl (C=O) groups is 2. The fourth-order valence-electron chi connectivity index (χ4n) is 5.06. The molecule has 6 rings (SSSR count). The number of esters is 1. The smallest absolute Gasteiger partial charge is 0.338 e. The maximum absolute atomic E-state index is 14.3. The van der Waals surface area contributed by atoms with E-state index in [2.05, 4.69) is 15.9 Å². The third-order valence-electron chi connectivity index (χ3n) is 6.87. The van der Waals surface area contributed by atoms with Gasteiger partial charge in [-0.25, -0.2) is 9.79 Å². The van der Waals surface area contributed by atoms with E-state index >= 15 is 0 Å². The first-order chi connectivity index (χ1) is 19.3. The summed E-state index contributed by atoms with van der Waals surface area (Å²) in [5.41, 5.74) is 3.26. The number of likely N-dealkylation sites (N-methyl/N-ethyl adjacent to an activating group) is 1. The Morgan fingerprint density at radius 2 is 1.80 bits per heavy atom. The number of anilines is 1. The number of nitrogens with zero attached hydrogens (tertiary/aromatic N) is 3. The van der Waals surface area contributed by atoms with Crippen molar-refractivity contribution in [3.63, 3.8) is 0 Å². The molecular weight excluding hydrogens is 614 g/mol. The molecule has 2 aliphatic heterocycles. The number of benzene rings is 3. The van der Waals surface area contributed by atoms with Crippen LogP contribution in [-0.4, -0.2) is 30.1 Å². The van der Waals surface area contributed by atoms with Gasteiger partial charge < -0.3 is 9.64 Å². The van der Waals surface area contributed by atoms with Crippen molar-refractivity contribution >= 4 is 67.7 Å². The van der Waals surface area contributed by atoms with Gasteiger partial charge >= 0.3 is 5.97 Å². The number of thiazole rings is 1. The molecular formula is C30H21BrClN3O4S. The zero-order chi connectivity index (χ0) is 28.1. The predicted octanol–water partition coefficient (Wildman–Crippen LogP) is 4.70. The summed E-state index contributed by atoms with van der Waals surface area (Å²) in [5.74, 6) is -0.858. The summed E-state index contributed by atoms with van der Waals surface area (Å²) in [6.45, 7) is 1.88. The van der Waals surface area contributed by atoms with Crippen molar-refractivity contribution in [1.29, 1.82) is 0 Å². The molecule has 0 spiro atoms. The van der Waals surface area contributed by atoms with Crippen molar-refractivity contribution in [2.45, 2.75) is 13.0 Å². The van der Waals surface area contributed by atoms with Crippen molar-refractivity contribution in [2.75, 3.05) is 18.6 Å². The maximum Gasteiger partial charge on any atom is 0.338 e. The lowest BCUT2D eigenvalue weighted by molar-refractivity contribution is -0.138. The summed E-state index contributed by atoms with van der Waals surface area (Å²) in [4.78, 5) is 48.1. The van der Waals surface area contributed by atoms with Crippen LogP contribution in [0.4, 0.5) is 5.69 Å². The van der Waals surface area contributed by atoms with Gasteiger partial charge in [-0.1, -0.05) is 81.3 Å². The van der Waals surface area contributed by atoms with Gasteiger partial charge in [-0.2, -0.15) is 0 Å². The standard InChI is InChI=1S/C30H21BrClN3O4S/c1-3-39-29(38)23-24(16-7-5-4-6-8-16)33-30-35(25(23)17-9-12-19(32)13-10-17)28(37)26(40-30)22-20-15-18(31)11-14-21(20)34(2)27(22)36/h4-15,25H,3H2,1-2H3/b26-22-/t25-/m1/s1. The molecule has 1 aromatic heterocycles. The van der Waals surface area contributed by atoms with Crippen LogP contribution in [0.2, 0.25) is 5.02 Å². The maximum atomic E-state index is 14.3. The van der Waals surface area contributed by atoms with Gasteiger partial charge in [-0.15, -0.1) is 0 Å². The minimum absolute atomic E-state index is 0.152. The zero-order valence-electron chi connectivity index (χ0n) is 21.4. The molecule has 0 saturated heterocycles. The molecule has 0 radical (unpaired) electrons. The van der Waals surface area contributed by atoms with Gasteiger partial charge in [0.25, 0.3) is 11.5 Å². The van der Waals surface area contributed by atoms with E-state index < -0.39 is 17.6 Å². The molecule has 40 heavy (non-hydrogen) atoms. The van der Waals surface area contributed by atoms with Gasteiger partial charge in [0.2, 0.25) is 0 Å².